The number of carbonyl (C=O) groups excluding carboxylic acids is 1. The largest absolute Gasteiger partial charge is 0.572 e. The Morgan fingerprint density at radius 2 is 2.14 bits per heavy atom. The molecule has 0 bridgehead atoms. The van der Waals surface area contributed by atoms with Gasteiger partial charge in [-0.25, -0.2) is 4.79 Å². The van der Waals surface area contributed by atoms with Gasteiger partial charge in [0.25, 0.3) is 0 Å². The van der Waals surface area contributed by atoms with E-state index >= 15 is 0 Å². The number of hydrogen-bond acceptors (Lipinski definition) is 4. The number of hydrogen-bond donors (Lipinski definition) is 2. The minimum Gasteiger partial charge on any atom is -0.410 e. The summed E-state index contributed by atoms with van der Waals surface area (Å²) in [4.78, 5) is 16.0. The molecular weight excluding hydrogens is 375 g/mol. The SMILES string of the molecule is CC1=C(C2=CCC(OC(F)(F)F)=CC=C2)NC2CN(CCCO)C(=O)N(C)C12. The number of rotatable bonds is 5. The fourth-order valence-corrected chi connectivity index (χ4v) is 3.97. The lowest BCUT2D eigenvalue weighted by Gasteiger charge is -2.42. The Morgan fingerprint density at radius 3 is 2.82 bits per heavy atom. The summed E-state index contributed by atoms with van der Waals surface area (Å²) in [6.07, 6.45) is 2.09. The monoisotopic (exact) mass is 399 g/mol. The van der Waals surface area contributed by atoms with Crippen LogP contribution in [-0.2, 0) is 4.74 Å². The average molecular weight is 399 g/mol. The topological polar surface area (TPSA) is 65.0 Å². The summed E-state index contributed by atoms with van der Waals surface area (Å²) in [5.41, 5.74) is 2.57. The highest BCUT2D eigenvalue weighted by molar-refractivity contribution is 5.77. The van der Waals surface area contributed by atoms with Crippen LogP contribution < -0.4 is 5.32 Å². The van der Waals surface area contributed by atoms with E-state index in [1.807, 2.05) is 6.92 Å². The molecule has 0 spiro atoms. The lowest BCUT2D eigenvalue weighted by atomic mass is 9.98. The van der Waals surface area contributed by atoms with E-state index in [4.69, 9.17) is 5.11 Å². The zero-order chi connectivity index (χ0) is 20.5. The quantitative estimate of drug-likeness (QED) is 0.746. The third-order valence-electron chi connectivity index (χ3n) is 5.16. The fourth-order valence-electron chi connectivity index (χ4n) is 3.97. The van der Waals surface area contributed by atoms with Gasteiger partial charge >= 0.3 is 12.4 Å². The number of ether oxygens (including phenoxy) is 1. The lowest BCUT2D eigenvalue weighted by molar-refractivity contribution is -0.305. The molecule has 0 aromatic heterocycles. The van der Waals surface area contributed by atoms with Crippen molar-refractivity contribution in [2.24, 2.45) is 0 Å². The van der Waals surface area contributed by atoms with Crippen molar-refractivity contribution in [3.8, 4) is 0 Å². The zero-order valence-electron chi connectivity index (χ0n) is 15.8. The Bertz CT molecular complexity index is 755. The highest BCUT2D eigenvalue weighted by Crippen LogP contribution is 2.33. The van der Waals surface area contributed by atoms with Gasteiger partial charge in [0.1, 0.15) is 5.76 Å². The molecule has 0 radical (unpaired) electrons. The van der Waals surface area contributed by atoms with E-state index in [1.165, 1.54) is 12.2 Å². The Balaban J connectivity index is 1.76. The number of nitrogens with zero attached hydrogens (tertiary/aromatic N) is 2. The third-order valence-corrected chi connectivity index (χ3v) is 5.16. The molecule has 2 atom stereocenters. The number of aliphatic hydroxyl groups excluding tert-OH is 1. The van der Waals surface area contributed by atoms with Gasteiger partial charge in [-0.05, 0) is 30.6 Å². The van der Waals surface area contributed by atoms with Crippen LogP contribution in [0.1, 0.15) is 19.8 Å². The zero-order valence-corrected chi connectivity index (χ0v) is 15.8. The molecule has 154 valence electrons. The lowest BCUT2D eigenvalue weighted by Crippen LogP contribution is -2.61. The first-order valence-electron chi connectivity index (χ1n) is 9.14. The molecule has 0 aromatic rings. The molecule has 28 heavy (non-hydrogen) atoms. The highest BCUT2D eigenvalue weighted by Gasteiger charge is 2.43. The summed E-state index contributed by atoms with van der Waals surface area (Å²) >= 11 is 0. The van der Waals surface area contributed by atoms with E-state index in [2.05, 4.69) is 10.1 Å². The molecule has 2 amide bonds. The molecule has 9 heteroatoms. The van der Waals surface area contributed by atoms with Crippen molar-refractivity contribution in [1.82, 2.24) is 15.1 Å². The van der Waals surface area contributed by atoms with Crippen LogP contribution >= 0.6 is 0 Å². The number of fused-ring (bicyclic) bond motifs is 1. The fraction of sp³-hybridized carbons (Fsp3) is 0.526. The molecule has 3 aliphatic rings. The van der Waals surface area contributed by atoms with Crippen molar-refractivity contribution >= 4 is 6.03 Å². The summed E-state index contributed by atoms with van der Waals surface area (Å²) < 4.78 is 41.4. The molecule has 1 fully saturated rings. The number of allylic oxidation sites excluding steroid dienone is 4. The van der Waals surface area contributed by atoms with Crippen LogP contribution in [0.4, 0.5) is 18.0 Å². The minimum atomic E-state index is -4.71. The van der Waals surface area contributed by atoms with E-state index in [-0.39, 0.29) is 36.9 Å². The summed E-state index contributed by atoms with van der Waals surface area (Å²) in [5.74, 6) is -0.171. The van der Waals surface area contributed by atoms with E-state index in [9.17, 15) is 18.0 Å². The molecule has 0 aromatic carbocycles. The second-order valence-electron chi connectivity index (χ2n) is 7.07. The number of likely N-dealkylation sites (N-methyl/N-ethyl adjacent to an activating group) is 1. The second-order valence-corrected chi connectivity index (χ2v) is 7.07. The van der Waals surface area contributed by atoms with Gasteiger partial charge in [0.05, 0.1) is 12.1 Å². The Labute approximate surface area is 161 Å². The van der Waals surface area contributed by atoms with Crippen LogP contribution in [0.3, 0.4) is 0 Å². The predicted octanol–water partition coefficient (Wildman–Crippen LogP) is 2.66. The first-order chi connectivity index (χ1) is 13.2. The summed E-state index contributed by atoms with van der Waals surface area (Å²) in [6.45, 7) is 2.93. The van der Waals surface area contributed by atoms with Crippen molar-refractivity contribution in [3.05, 3.63) is 46.9 Å². The minimum absolute atomic E-state index is 0.0184. The molecule has 6 nitrogen and oxygen atoms in total. The Morgan fingerprint density at radius 1 is 1.39 bits per heavy atom. The number of urea groups is 1. The van der Waals surface area contributed by atoms with Crippen molar-refractivity contribution in [2.75, 3.05) is 26.7 Å². The average Bonchev–Trinajstić information content (AvgIpc) is 2.78. The predicted molar refractivity (Wildman–Crippen MR) is 96.9 cm³/mol. The summed E-state index contributed by atoms with van der Waals surface area (Å²) in [6, 6.07) is -0.234. The van der Waals surface area contributed by atoms with Gasteiger partial charge in [-0.3, -0.25) is 0 Å². The van der Waals surface area contributed by atoms with E-state index in [0.717, 1.165) is 16.8 Å². The molecule has 2 N–H and O–H groups in total. The van der Waals surface area contributed by atoms with Gasteiger partial charge in [-0.15, -0.1) is 13.2 Å². The first kappa shape index (κ1) is 20.3. The normalized spacial score (nSPS) is 25.3. The molecule has 2 unspecified atom stereocenters. The van der Waals surface area contributed by atoms with Gasteiger partial charge in [0.15, 0.2) is 0 Å². The number of amides is 2. The third kappa shape index (κ3) is 4.19. The van der Waals surface area contributed by atoms with Crippen LogP contribution in [0.15, 0.2) is 46.9 Å². The summed E-state index contributed by atoms with van der Waals surface area (Å²) in [7, 11) is 1.74. The summed E-state index contributed by atoms with van der Waals surface area (Å²) in [5, 5.41) is 12.5. The molecular formula is C19H24F3N3O3. The number of alkyl halides is 3. The van der Waals surface area contributed by atoms with E-state index in [1.54, 1.807) is 29.0 Å². The Hall–Kier alpha value is -2.42. The maximum Gasteiger partial charge on any atom is 0.572 e. The van der Waals surface area contributed by atoms with Crippen molar-refractivity contribution in [1.29, 1.82) is 0 Å². The molecule has 3 rings (SSSR count). The Kier molecular flexibility index (Phi) is 5.74. The van der Waals surface area contributed by atoms with Gasteiger partial charge in [0, 0.05) is 38.9 Å². The molecule has 2 heterocycles. The first-order valence-corrected chi connectivity index (χ1v) is 9.14. The van der Waals surface area contributed by atoms with Crippen LogP contribution in [0.25, 0.3) is 0 Å². The molecule has 1 saturated heterocycles. The maximum absolute atomic E-state index is 12.6. The van der Waals surface area contributed by atoms with Crippen LogP contribution in [0.5, 0.6) is 0 Å². The number of halogens is 3. The van der Waals surface area contributed by atoms with Crippen LogP contribution in [0.2, 0.25) is 0 Å². The molecule has 0 saturated carbocycles. The van der Waals surface area contributed by atoms with Gasteiger partial charge in [-0.2, -0.15) is 0 Å². The number of nitrogens with one attached hydrogen (secondary N) is 1. The molecule has 1 aliphatic carbocycles. The van der Waals surface area contributed by atoms with Crippen molar-refractivity contribution in [3.63, 3.8) is 0 Å². The van der Waals surface area contributed by atoms with Gasteiger partial charge in [-0.1, -0.05) is 18.2 Å². The highest BCUT2D eigenvalue weighted by atomic mass is 19.4. The van der Waals surface area contributed by atoms with Gasteiger partial charge in [0.2, 0.25) is 0 Å². The molecule has 2 aliphatic heterocycles. The number of carbonyl (C=O) groups is 1. The smallest absolute Gasteiger partial charge is 0.410 e. The van der Waals surface area contributed by atoms with Crippen molar-refractivity contribution < 1.29 is 27.8 Å². The van der Waals surface area contributed by atoms with Crippen LogP contribution in [0, 0.1) is 0 Å². The van der Waals surface area contributed by atoms with Crippen molar-refractivity contribution in [2.45, 2.75) is 38.2 Å². The van der Waals surface area contributed by atoms with Crippen LogP contribution in [-0.4, -0.2) is 66.1 Å². The standard InChI is InChI=1S/C19H24F3N3O3/c1-12-16(13-5-3-6-14(8-7-13)28-19(20,21)22)23-15-11-25(9-4-10-26)18(27)24(2)17(12)15/h3,5-7,15,17,23,26H,4,8-11H2,1-2H3. The van der Waals surface area contributed by atoms with E-state index < -0.39 is 6.36 Å². The van der Waals surface area contributed by atoms with Gasteiger partial charge < -0.3 is 25.0 Å². The van der Waals surface area contributed by atoms with E-state index in [0.29, 0.717) is 19.5 Å². The second kappa shape index (κ2) is 7.90. The maximum atomic E-state index is 12.6. The number of aliphatic hydroxyl groups is 1.